The first-order chi connectivity index (χ1) is 9.15. The van der Waals surface area contributed by atoms with Crippen LogP contribution in [0.1, 0.15) is 71.6 Å². The van der Waals surface area contributed by atoms with Gasteiger partial charge < -0.3 is 10.6 Å². The summed E-state index contributed by atoms with van der Waals surface area (Å²) in [5.41, 5.74) is 5.98. The lowest BCUT2D eigenvalue weighted by molar-refractivity contribution is -0.133. The quantitative estimate of drug-likeness (QED) is 0.686. The standard InChI is InChI=1S/C16H32N2O/c1-3-4-5-6-7-8-9-10-16(19)18-12-11-15(17)14(2)13-18/h14-15H,3-13,17H2,1-2H3. The molecular weight excluding hydrogens is 236 g/mol. The van der Waals surface area contributed by atoms with Crippen molar-refractivity contribution in [2.24, 2.45) is 11.7 Å². The number of amides is 1. The van der Waals surface area contributed by atoms with Crippen LogP contribution in [0.2, 0.25) is 0 Å². The van der Waals surface area contributed by atoms with E-state index in [1.54, 1.807) is 0 Å². The summed E-state index contributed by atoms with van der Waals surface area (Å²) in [6.07, 6.45) is 10.6. The lowest BCUT2D eigenvalue weighted by atomic mass is 9.94. The molecule has 0 aromatic carbocycles. The van der Waals surface area contributed by atoms with Crippen molar-refractivity contribution < 1.29 is 4.79 Å². The van der Waals surface area contributed by atoms with Crippen LogP contribution in [-0.4, -0.2) is 29.9 Å². The fraction of sp³-hybridized carbons (Fsp3) is 0.938. The zero-order chi connectivity index (χ0) is 14.1. The summed E-state index contributed by atoms with van der Waals surface area (Å²) < 4.78 is 0. The Hall–Kier alpha value is -0.570. The molecule has 19 heavy (non-hydrogen) atoms. The van der Waals surface area contributed by atoms with E-state index in [4.69, 9.17) is 5.73 Å². The van der Waals surface area contributed by atoms with E-state index < -0.39 is 0 Å². The molecule has 3 heteroatoms. The van der Waals surface area contributed by atoms with Gasteiger partial charge in [0.1, 0.15) is 0 Å². The van der Waals surface area contributed by atoms with Gasteiger partial charge in [-0.2, -0.15) is 0 Å². The number of rotatable bonds is 8. The number of hydrogen-bond acceptors (Lipinski definition) is 2. The van der Waals surface area contributed by atoms with Crippen molar-refractivity contribution in [2.45, 2.75) is 77.7 Å². The SMILES string of the molecule is CCCCCCCCCC(=O)N1CCC(N)C(C)C1. The van der Waals surface area contributed by atoms with Crippen molar-refractivity contribution in [2.75, 3.05) is 13.1 Å². The number of hydrogen-bond donors (Lipinski definition) is 1. The van der Waals surface area contributed by atoms with Gasteiger partial charge in [-0.15, -0.1) is 0 Å². The monoisotopic (exact) mass is 268 g/mol. The summed E-state index contributed by atoms with van der Waals surface area (Å²) in [5.74, 6) is 0.791. The van der Waals surface area contributed by atoms with E-state index in [-0.39, 0.29) is 6.04 Å². The molecule has 1 saturated heterocycles. The number of likely N-dealkylation sites (tertiary alicyclic amines) is 1. The fourth-order valence-corrected chi connectivity index (χ4v) is 2.78. The second-order valence-corrected chi connectivity index (χ2v) is 6.14. The maximum absolute atomic E-state index is 12.1. The minimum Gasteiger partial charge on any atom is -0.342 e. The minimum atomic E-state index is 0.280. The van der Waals surface area contributed by atoms with Crippen molar-refractivity contribution in [3.05, 3.63) is 0 Å². The zero-order valence-corrected chi connectivity index (χ0v) is 12.9. The highest BCUT2D eigenvalue weighted by molar-refractivity contribution is 5.76. The first-order valence-electron chi connectivity index (χ1n) is 8.18. The van der Waals surface area contributed by atoms with Crippen LogP contribution in [0.25, 0.3) is 0 Å². The van der Waals surface area contributed by atoms with Crippen LogP contribution >= 0.6 is 0 Å². The van der Waals surface area contributed by atoms with Crippen LogP contribution in [0.4, 0.5) is 0 Å². The van der Waals surface area contributed by atoms with E-state index >= 15 is 0 Å². The third kappa shape index (κ3) is 6.42. The van der Waals surface area contributed by atoms with Crippen molar-refractivity contribution in [1.82, 2.24) is 4.90 Å². The van der Waals surface area contributed by atoms with E-state index in [2.05, 4.69) is 13.8 Å². The Bertz CT molecular complexity index is 255. The van der Waals surface area contributed by atoms with Crippen LogP contribution in [0, 0.1) is 5.92 Å². The van der Waals surface area contributed by atoms with E-state index in [0.29, 0.717) is 11.8 Å². The van der Waals surface area contributed by atoms with Gasteiger partial charge in [0.2, 0.25) is 5.91 Å². The van der Waals surface area contributed by atoms with Crippen molar-refractivity contribution in [3.8, 4) is 0 Å². The van der Waals surface area contributed by atoms with E-state index in [9.17, 15) is 4.79 Å². The van der Waals surface area contributed by atoms with Gasteiger partial charge in [-0.05, 0) is 18.8 Å². The summed E-state index contributed by atoms with van der Waals surface area (Å²) >= 11 is 0. The Morgan fingerprint density at radius 2 is 1.79 bits per heavy atom. The van der Waals surface area contributed by atoms with Crippen molar-refractivity contribution in [3.63, 3.8) is 0 Å². The van der Waals surface area contributed by atoms with Gasteiger partial charge in [-0.3, -0.25) is 4.79 Å². The van der Waals surface area contributed by atoms with Gasteiger partial charge in [-0.25, -0.2) is 0 Å². The van der Waals surface area contributed by atoms with Gasteiger partial charge in [-0.1, -0.05) is 52.4 Å². The summed E-state index contributed by atoms with van der Waals surface area (Å²) in [7, 11) is 0. The van der Waals surface area contributed by atoms with Crippen LogP contribution in [-0.2, 0) is 4.79 Å². The molecule has 0 aliphatic carbocycles. The molecular formula is C16H32N2O. The Labute approximate surface area is 118 Å². The molecule has 1 aliphatic heterocycles. The molecule has 0 radical (unpaired) electrons. The van der Waals surface area contributed by atoms with Crippen LogP contribution < -0.4 is 5.73 Å². The topological polar surface area (TPSA) is 46.3 Å². The molecule has 0 bridgehead atoms. The third-order valence-corrected chi connectivity index (χ3v) is 4.32. The Kier molecular flexibility index (Phi) is 8.11. The summed E-state index contributed by atoms with van der Waals surface area (Å²) in [4.78, 5) is 14.1. The molecule has 2 unspecified atom stereocenters. The molecule has 0 aromatic rings. The van der Waals surface area contributed by atoms with E-state index in [0.717, 1.165) is 32.4 Å². The smallest absolute Gasteiger partial charge is 0.222 e. The maximum Gasteiger partial charge on any atom is 0.222 e. The molecule has 3 nitrogen and oxygen atoms in total. The Balaban J connectivity index is 2.04. The molecule has 1 aliphatic rings. The van der Waals surface area contributed by atoms with Gasteiger partial charge in [0, 0.05) is 25.6 Å². The van der Waals surface area contributed by atoms with Crippen LogP contribution in [0.3, 0.4) is 0 Å². The molecule has 1 heterocycles. The molecule has 0 saturated carbocycles. The number of unbranched alkanes of at least 4 members (excludes halogenated alkanes) is 6. The molecule has 0 aromatic heterocycles. The zero-order valence-electron chi connectivity index (χ0n) is 12.9. The largest absolute Gasteiger partial charge is 0.342 e. The fourth-order valence-electron chi connectivity index (χ4n) is 2.78. The van der Waals surface area contributed by atoms with Crippen LogP contribution in [0.5, 0.6) is 0 Å². The van der Waals surface area contributed by atoms with Gasteiger partial charge in [0.05, 0.1) is 0 Å². The van der Waals surface area contributed by atoms with Crippen LogP contribution in [0.15, 0.2) is 0 Å². The molecule has 1 fully saturated rings. The minimum absolute atomic E-state index is 0.280. The summed E-state index contributed by atoms with van der Waals surface area (Å²) in [6, 6.07) is 0.280. The molecule has 1 amide bonds. The second-order valence-electron chi connectivity index (χ2n) is 6.14. The molecule has 112 valence electrons. The van der Waals surface area contributed by atoms with Gasteiger partial charge >= 0.3 is 0 Å². The average molecular weight is 268 g/mol. The highest BCUT2D eigenvalue weighted by atomic mass is 16.2. The number of piperidine rings is 1. The number of nitrogens with two attached hydrogens (primary N) is 1. The molecule has 1 rings (SSSR count). The number of nitrogens with zero attached hydrogens (tertiary/aromatic N) is 1. The predicted octanol–water partition coefficient (Wildman–Crippen LogP) is 3.32. The average Bonchev–Trinajstić information content (AvgIpc) is 2.40. The second kappa shape index (κ2) is 9.35. The van der Waals surface area contributed by atoms with Gasteiger partial charge in [0.25, 0.3) is 0 Å². The number of carbonyl (C=O) groups excluding carboxylic acids is 1. The molecule has 2 N–H and O–H groups in total. The summed E-state index contributed by atoms with van der Waals surface area (Å²) in [6.45, 7) is 6.11. The first-order valence-corrected chi connectivity index (χ1v) is 8.18. The maximum atomic E-state index is 12.1. The highest BCUT2D eigenvalue weighted by Crippen LogP contribution is 2.17. The molecule has 0 spiro atoms. The van der Waals surface area contributed by atoms with Gasteiger partial charge in [0.15, 0.2) is 0 Å². The lowest BCUT2D eigenvalue weighted by Crippen LogP contribution is -2.48. The summed E-state index contributed by atoms with van der Waals surface area (Å²) in [5, 5.41) is 0. The van der Waals surface area contributed by atoms with E-state index in [1.807, 2.05) is 4.90 Å². The first kappa shape index (κ1) is 16.5. The van der Waals surface area contributed by atoms with Crippen molar-refractivity contribution in [1.29, 1.82) is 0 Å². The highest BCUT2D eigenvalue weighted by Gasteiger charge is 2.25. The Morgan fingerprint density at radius 1 is 1.16 bits per heavy atom. The van der Waals surface area contributed by atoms with Crippen molar-refractivity contribution >= 4 is 5.91 Å². The normalized spacial score (nSPS) is 23.6. The number of carbonyl (C=O) groups is 1. The Morgan fingerprint density at radius 3 is 2.42 bits per heavy atom. The molecule has 2 atom stereocenters. The third-order valence-electron chi connectivity index (χ3n) is 4.32. The van der Waals surface area contributed by atoms with E-state index in [1.165, 1.54) is 38.5 Å². The lowest BCUT2D eigenvalue weighted by Gasteiger charge is -2.35. The predicted molar refractivity (Wildman–Crippen MR) is 80.9 cm³/mol.